The minimum atomic E-state index is -2.19. The summed E-state index contributed by atoms with van der Waals surface area (Å²) in [5.41, 5.74) is 0. The maximum Gasteiger partial charge on any atom is 0.0499 e. The summed E-state index contributed by atoms with van der Waals surface area (Å²) in [6.45, 7) is 0. The topological polar surface area (TPSA) is 40.9 Å². The molecule has 1 atom stereocenters. The molecule has 1 unspecified atom stereocenters. The van der Waals surface area contributed by atoms with Crippen LogP contribution in [0.5, 0.6) is 0 Å². The van der Waals surface area contributed by atoms with Crippen molar-refractivity contribution < 1.29 is 4.21 Å². The molecule has 2 aliphatic carbocycles. The molecule has 0 bridgehead atoms. The molecule has 0 aliphatic heterocycles. The maximum atomic E-state index is 12.0. The Bertz CT molecular complexity index is 248. The Labute approximate surface area is 74.7 Å². The molecular formula is C9H17NOS. The third-order valence-corrected chi connectivity index (χ3v) is 5.99. The first-order valence-electron chi connectivity index (χ1n) is 4.98. The molecule has 0 spiro atoms. The van der Waals surface area contributed by atoms with Gasteiger partial charge in [-0.15, -0.1) is 0 Å². The van der Waals surface area contributed by atoms with Crippen molar-refractivity contribution in [2.75, 3.05) is 0 Å². The van der Waals surface area contributed by atoms with Gasteiger partial charge in [-0.05, 0) is 25.7 Å². The molecule has 0 amide bonds. The molecule has 0 saturated heterocycles. The highest BCUT2D eigenvalue weighted by Gasteiger charge is 2.38. The van der Waals surface area contributed by atoms with E-state index in [1.165, 1.54) is 19.3 Å². The van der Waals surface area contributed by atoms with Gasteiger partial charge in [-0.3, -0.25) is 4.78 Å². The molecule has 1 N–H and O–H groups in total. The van der Waals surface area contributed by atoms with E-state index in [1.807, 2.05) is 0 Å². The van der Waals surface area contributed by atoms with Crippen LogP contribution < -0.4 is 0 Å². The predicted molar refractivity (Wildman–Crippen MR) is 50.8 cm³/mol. The van der Waals surface area contributed by atoms with Crippen molar-refractivity contribution in [2.24, 2.45) is 0 Å². The van der Waals surface area contributed by atoms with Crippen LogP contribution in [0.4, 0.5) is 0 Å². The highest BCUT2D eigenvalue weighted by atomic mass is 32.2. The lowest BCUT2D eigenvalue weighted by Gasteiger charge is -2.23. The second kappa shape index (κ2) is 3.02. The van der Waals surface area contributed by atoms with Crippen molar-refractivity contribution in [2.45, 2.75) is 55.4 Å². The van der Waals surface area contributed by atoms with Gasteiger partial charge in [-0.25, -0.2) is 4.21 Å². The molecule has 0 heterocycles. The molecule has 0 aromatic heterocycles. The van der Waals surface area contributed by atoms with Gasteiger partial charge in [0.2, 0.25) is 0 Å². The van der Waals surface area contributed by atoms with Gasteiger partial charge in [0.15, 0.2) is 0 Å². The number of rotatable bonds is 2. The fourth-order valence-corrected chi connectivity index (χ4v) is 4.52. The summed E-state index contributed by atoms with van der Waals surface area (Å²) in [6, 6.07) is 0. The Morgan fingerprint density at radius 3 is 1.92 bits per heavy atom. The molecular weight excluding hydrogens is 170 g/mol. The van der Waals surface area contributed by atoms with Crippen molar-refractivity contribution in [1.82, 2.24) is 0 Å². The Kier molecular flexibility index (Phi) is 2.15. The lowest BCUT2D eigenvalue weighted by atomic mass is 10.0. The van der Waals surface area contributed by atoms with E-state index in [-0.39, 0.29) is 10.5 Å². The van der Waals surface area contributed by atoms with Crippen LogP contribution in [-0.2, 0) is 9.73 Å². The third kappa shape index (κ3) is 1.51. The largest absolute Gasteiger partial charge is 0.252 e. The van der Waals surface area contributed by atoms with E-state index in [9.17, 15) is 4.21 Å². The standard InChI is InChI=1S/C9H17NOS/c10-12(11,9-6-7-9)8-4-2-1-3-5-8/h8-10H,1-7H2. The van der Waals surface area contributed by atoms with Crippen LogP contribution in [0, 0.1) is 4.78 Å². The summed E-state index contributed by atoms with van der Waals surface area (Å²) in [7, 11) is -2.19. The molecule has 70 valence electrons. The highest BCUT2D eigenvalue weighted by molar-refractivity contribution is 7.93. The Hall–Kier alpha value is -0.0500. The normalized spacial score (nSPS) is 31.3. The van der Waals surface area contributed by atoms with Gasteiger partial charge < -0.3 is 0 Å². The summed E-state index contributed by atoms with van der Waals surface area (Å²) in [4.78, 5) is 0. The quantitative estimate of drug-likeness (QED) is 0.709. The average Bonchev–Trinajstić information content (AvgIpc) is 2.88. The van der Waals surface area contributed by atoms with Gasteiger partial charge >= 0.3 is 0 Å². The molecule has 0 radical (unpaired) electrons. The molecule has 2 fully saturated rings. The van der Waals surface area contributed by atoms with Gasteiger partial charge in [0.05, 0.1) is 0 Å². The minimum absolute atomic E-state index is 0.249. The summed E-state index contributed by atoms with van der Waals surface area (Å²) in [5.74, 6) is 0. The van der Waals surface area contributed by atoms with Crippen LogP contribution in [0.25, 0.3) is 0 Å². The lowest BCUT2D eigenvalue weighted by Crippen LogP contribution is -2.25. The van der Waals surface area contributed by atoms with Gasteiger partial charge in [0, 0.05) is 20.2 Å². The van der Waals surface area contributed by atoms with Crippen LogP contribution in [0.1, 0.15) is 44.9 Å². The number of hydrogen-bond donors (Lipinski definition) is 1. The average molecular weight is 187 g/mol. The van der Waals surface area contributed by atoms with E-state index in [0.717, 1.165) is 25.7 Å². The van der Waals surface area contributed by atoms with Gasteiger partial charge in [-0.1, -0.05) is 19.3 Å². The zero-order chi connectivity index (χ0) is 8.60. The number of hydrogen-bond acceptors (Lipinski definition) is 2. The van der Waals surface area contributed by atoms with Gasteiger partial charge in [-0.2, -0.15) is 0 Å². The maximum absolute atomic E-state index is 12.0. The van der Waals surface area contributed by atoms with Crippen LogP contribution in [0.2, 0.25) is 0 Å². The smallest absolute Gasteiger partial charge is 0.0499 e. The SMILES string of the molecule is N=S(=O)(C1CCCCC1)C1CC1. The first-order valence-corrected chi connectivity index (χ1v) is 6.66. The van der Waals surface area contributed by atoms with E-state index >= 15 is 0 Å². The minimum Gasteiger partial charge on any atom is -0.252 e. The summed E-state index contributed by atoms with van der Waals surface area (Å²) < 4.78 is 19.8. The molecule has 3 heteroatoms. The number of nitrogens with one attached hydrogen (secondary N) is 1. The van der Waals surface area contributed by atoms with Crippen molar-refractivity contribution in [3.05, 3.63) is 0 Å². The Morgan fingerprint density at radius 2 is 1.42 bits per heavy atom. The first-order chi connectivity index (χ1) is 5.71. The highest BCUT2D eigenvalue weighted by Crippen LogP contribution is 2.36. The Balaban J connectivity index is 2.05. The van der Waals surface area contributed by atoms with Crippen molar-refractivity contribution in [3.8, 4) is 0 Å². The zero-order valence-corrected chi connectivity index (χ0v) is 8.24. The lowest BCUT2D eigenvalue weighted by molar-refractivity contribution is 0.501. The zero-order valence-electron chi connectivity index (χ0n) is 7.42. The molecule has 0 aromatic rings. The van der Waals surface area contributed by atoms with Gasteiger partial charge in [0.1, 0.15) is 0 Å². The third-order valence-electron chi connectivity index (χ3n) is 3.07. The second-order valence-electron chi connectivity index (χ2n) is 4.11. The second-order valence-corrected chi connectivity index (χ2v) is 6.74. The molecule has 2 saturated carbocycles. The van der Waals surface area contributed by atoms with Crippen molar-refractivity contribution in [3.63, 3.8) is 0 Å². The van der Waals surface area contributed by atoms with E-state index in [1.54, 1.807) is 0 Å². The van der Waals surface area contributed by atoms with E-state index < -0.39 is 9.73 Å². The van der Waals surface area contributed by atoms with E-state index in [0.29, 0.717) is 0 Å². The van der Waals surface area contributed by atoms with Crippen molar-refractivity contribution >= 4 is 9.73 Å². The fraction of sp³-hybridized carbons (Fsp3) is 1.00. The summed E-state index contributed by atoms with van der Waals surface area (Å²) >= 11 is 0. The molecule has 12 heavy (non-hydrogen) atoms. The monoisotopic (exact) mass is 187 g/mol. The van der Waals surface area contributed by atoms with Crippen molar-refractivity contribution in [1.29, 1.82) is 4.78 Å². The van der Waals surface area contributed by atoms with E-state index in [2.05, 4.69) is 0 Å². The van der Waals surface area contributed by atoms with Crippen LogP contribution in [0.15, 0.2) is 0 Å². The molecule has 0 aromatic carbocycles. The van der Waals surface area contributed by atoms with Crippen LogP contribution in [0.3, 0.4) is 0 Å². The van der Waals surface area contributed by atoms with Gasteiger partial charge in [0.25, 0.3) is 0 Å². The van der Waals surface area contributed by atoms with E-state index in [4.69, 9.17) is 4.78 Å². The molecule has 2 aliphatic rings. The summed E-state index contributed by atoms with van der Waals surface area (Å²) in [5, 5.41) is 0.527. The Morgan fingerprint density at radius 1 is 0.917 bits per heavy atom. The molecule has 2 nitrogen and oxygen atoms in total. The fourth-order valence-electron chi connectivity index (χ4n) is 2.11. The van der Waals surface area contributed by atoms with Crippen LogP contribution >= 0.6 is 0 Å². The molecule has 2 rings (SSSR count). The first kappa shape index (κ1) is 8.54. The summed E-state index contributed by atoms with van der Waals surface area (Å²) in [6.07, 6.45) is 7.91. The van der Waals surface area contributed by atoms with Crippen LogP contribution in [-0.4, -0.2) is 14.7 Å². The predicted octanol–water partition coefficient (Wildman–Crippen LogP) is 2.53.